The number of nitrogens with one attached hydrogen (secondary N) is 2. The van der Waals surface area contributed by atoms with Gasteiger partial charge in [0.1, 0.15) is 17.3 Å². The van der Waals surface area contributed by atoms with Crippen LogP contribution < -0.4 is 5.32 Å². The molecule has 5 nitrogen and oxygen atoms in total. The molecular formula is C20H26N4O. The Bertz CT molecular complexity index is 821. The maximum Gasteiger partial charge on any atom is 0.137 e. The second-order valence-electron chi connectivity index (χ2n) is 6.88. The largest absolute Gasteiger partial charge is 0.508 e. The van der Waals surface area contributed by atoms with E-state index in [2.05, 4.69) is 27.1 Å². The molecule has 0 unspecified atom stereocenters. The van der Waals surface area contributed by atoms with E-state index in [9.17, 15) is 5.11 Å². The molecule has 0 radical (unpaired) electrons. The van der Waals surface area contributed by atoms with Gasteiger partial charge in [0.2, 0.25) is 0 Å². The van der Waals surface area contributed by atoms with Crippen molar-refractivity contribution in [2.45, 2.75) is 52.0 Å². The molecule has 2 aromatic rings. The molecule has 0 aliphatic heterocycles. The Morgan fingerprint density at radius 2 is 2.04 bits per heavy atom. The Morgan fingerprint density at radius 1 is 1.28 bits per heavy atom. The van der Waals surface area contributed by atoms with Crippen molar-refractivity contribution in [2.24, 2.45) is 0 Å². The summed E-state index contributed by atoms with van der Waals surface area (Å²) in [5.41, 5.74) is 3.29. The first-order chi connectivity index (χ1) is 12.1. The molecule has 25 heavy (non-hydrogen) atoms. The number of hydrogen-bond acceptors (Lipinski definition) is 4. The van der Waals surface area contributed by atoms with E-state index in [0.717, 1.165) is 33.6 Å². The van der Waals surface area contributed by atoms with Gasteiger partial charge in [0, 0.05) is 12.2 Å². The van der Waals surface area contributed by atoms with Crippen molar-refractivity contribution in [3.05, 3.63) is 48.0 Å². The lowest BCUT2D eigenvalue weighted by atomic mass is 9.95. The number of fused-ring (bicyclic) bond motifs is 1. The summed E-state index contributed by atoms with van der Waals surface area (Å²) in [6, 6.07) is 2.38. The van der Waals surface area contributed by atoms with Crippen molar-refractivity contribution in [3.8, 4) is 0 Å². The van der Waals surface area contributed by atoms with Gasteiger partial charge in [0.05, 0.1) is 10.9 Å². The van der Waals surface area contributed by atoms with Gasteiger partial charge < -0.3 is 10.4 Å². The average molecular weight is 338 g/mol. The van der Waals surface area contributed by atoms with Gasteiger partial charge in [-0.1, -0.05) is 25.8 Å². The Labute approximate surface area is 148 Å². The first kappa shape index (κ1) is 17.3. The molecule has 0 amide bonds. The van der Waals surface area contributed by atoms with Gasteiger partial charge in [0.15, 0.2) is 0 Å². The smallest absolute Gasteiger partial charge is 0.137 e. The fraction of sp³-hybridized carbons (Fsp3) is 0.400. The summed E-state index contributed by atoms with van der Waals surface area (Å²) in [5, 5.41) is 21.9. The van der Waals surface area contributed by atoms with Crippen molar-refractivity contribution >= 4 is 22.3 Å². The molecular weight excluding hydrogens is 312 g/mol. The molecule has 3 rings (SSSR count). The highest BCUT2D eigenvalue weighted by Crippen LogP contribution is 2.30. The molecule has 1 saturated carbocycles. The van der Waals surface area contributed by atoms with Gasteiger partial charge in [0.25, 0.3) is 0 Å². The van der Waals surface area contributed by atoms with Gasteiger partial charge in [-0.25, -0.2) is 4.98 Å². The van der Waals surface area contributed by atoms with Crippen LogP contribution in [0.1, 0.15) is 51.6 Å². The number of rotatable bonds is 5. The fourth-order valence-electron chi connectivity index (χ4n) is 3.17. The van der Waals surface area contributed by atoms with Crippen LogP contribution in [0.3, 0.4) is 0 Å². The molecule has 0 aromatic carbocycles. The van der Waals surface area contributed by atoms with Crippen molar-refractivity contribution < 1.29 is 5.11 Å². The first-order valence-corrected chi connectivity index (χ1v) is 8.89. The summed E-state index contributed by atoms with van der Waals surface area (Å²) in [4.78, 5) is 4.54. The van der Waals surface area contributed by atoms with Crippen LogP contribution in [-0.4, -0.2) is 26.3 Å². The first-order valence-electron chi connectivity index (χ1n) is 8.89. The normalized spacial score (nSPS) is 15.6. The average Bonchev–Trinajstić information content (AvgIpc) is 3.05. The van der Waals surface area contributed by atoms with Crippen LogP contribution in [0, 0.1) is 0 Å². The highest BCUT2D eigenvalue weighted by atomic mass is 16.3. The maximum atomic E-state index is 9.86. The molecule has 2 heterocycles. The third-order valence-electron chi connectivity index (χ3n) is 4.68. The number of aromatic amines is 1. The Hall–Kier alpha value is -2.56. The number of nitrogens with zero attached hydrogens (tertiary/aromatic N) is 2. The van der Waals surface area contributed by atoms with Crippen LogP contribution in [0.5, 0.6) is 0 Å². The lowest BCUT2D eigenvalue weighted by Crippen LogP contribution is -2.22. The van der Waals surface area contributed by atoms with E-state index in [1.54, 1.807) is 18.3 Å². The molecule has 5 heteroatoms. The lowest BCUT2D eigenvalue weighted by Gasteiger charge is -2.23. The molecule has 2 aromatic heterocycles. The van der Waals surface area contributed by atoms with Gasteiger partial charge in [-0.3, -0.25) is 5.10 Å². The highest BCUT2D eigenvalue weighted by Gasteiger charge is 2.18. The van der Waals surface area contributed by atoms with E-state index in [1.807, 2.05) is 19.9 Å². The number of aliphatic hydroxyl groups is 1. The molecule has 1 aliphatic rings. The molecule has 1 aliphatic carbocycles. The predicted molar refractivity (Wildman–Crippen MR) is 104 cm³/mol. The van der Waals surface area contributed by atoms with E-state index in [-0.39, 0.29) is 5.76 Å². The number of hydrogen-bond donors (Lipinski definition) is 3. The SMILES string of the molecule is C=C(/C=C\C(O)=C(C)C)c1n[nH]c2ccnc(NC3CCCCC3)c12. The molecule has 0 saturated heterocycles. The van der Waals surface area contributed by atoms with Crippen molar-refractivity contribution in [1.29, 1.82) is 0 Å². The van der Waals surface area contributed by atoms with Gasteiger partial charge in [-0.2, -0.15) is 5.10 Å². The van der Waals surface area contributed by atoms with Gasteiger partial charge in [-0.05, 0) is 56.1 Å². The number of aliphatic hydroxyl groups excluding tert-OH is 1. The second kappa shape index (κ2) is 7.55. The minimum absolute atomic E-state index is 0.250. The standard InChI is InChI=1S/C20H26N4O/c1-13(2)17(25)10-9-14(3)19-18-16(23-24-19)11-12-21-20(18)22-15-7-5-4-6-8-15/h9-12,15,25H,3-8H2,1-2H3,(H,21,22)(H,23,24)/b10-9-. The zero-order valence-electron chi connectivity index (χ0n) is 15.0. The summed E-state index contributed by atoms with van der Waals surface area (Å²) in [6.07, 6.45) is 11.5. The fourth-order valence-corrected chi connectivity index (χ4v) is 3.17. The van der Waals surface area contributed by atoms with E-state index in [4.69, 9.17) is 0 Å². The van der Waals surface area contributed by atoms with E-state index >= 15 is 0 Å². The molecule has 3 N–H and O–H groups in total. The van der Waals surface area contributed by atoms with Crippen LogP contribution in [0.25, 0.3) is 16.5 Å². The van der Waals surface area contributed by atoms with E-state index in [1.165, 1.54) is 32.1 Å². The number of aromatic nitrogens is 3. The number of pyridine rings is 1. The third-order valence-corrected chi connectivity index (χ3v) is 4.68. The summed E-state index contributed by atoms with van der Waals surface area (Å²) < 4.78 is 0. The minimum atomic E-state index is 0.250. The number of H-pyrrole nitrogens is 1. The van der Waals surface area contributed by atoms with Gasteiger partial charge in [-0.15, -0.1) is 0 Å². The summed E-state index contributed by atoms with van der Waals surface area (Å²) >= 11 is 0. The predicted octanol–water partition coefficient (Wildman–Crippen LogP) is 5.12. The van der Waals surface area contributed by atoms with Gasteiger partial charge >= 0.3 is 0 Å². The van der Waals surface area contributed by atoms with Crippen LogP contribution in [0.15, 0.2) is 42.3 Å². The Kier molecular flexibility index (Phi) is 5.22. The molecule has 0 spiro atoms. The minimum Gasteiger partial charge on any atom is -0.508 e. The Balaban J connectivity index is 1.91. The summed E-state index contributed by atoms with van der Waals surface area (Å²) in [5.74, 6) is 1.11. The van der Waals surface area contributed by atoms with Crippen LogP contribution >= 0.6 is 0 Å². The summed E-state index contributed by atoms with van der Waals surface area (Å²) in [7, 11) is 0. The number of allylic oxidation sites excluding steroid dienone is 4. The second-order valence-corrected chi connectivity index (χ2v) is 6.88. The molecule has 0 bridgehead atoms. The Morgan fingerprint density at radius 3 is 2.76 bits per heavy atom. The third kappa shape index (κ3) is 3.92. The lowest BCUT2D eigenvalue weighted by molar-refractivity contribution is 0.425. The summed E-state index contributed by atoms with van der Waals surface area (Å²) in [6.45, 7) is 7.84. The van der Waals surface area contributed by atoms with E-state index < -0.39 is 0 Å². The van der Waals surface area contributed by atoms with Crippen molar-refractivity contribution in [3.63, 3.8) is 0 Å². The van der Waals surface area contributed by atoms with Crippen LogP contribution in [0.2, 0.25) is 0 Å². The van der Waals surface area contributed by atoms with Crippen molar-refractivity contribution in [2.75, 3.05) is 5.32 Å². The van der Waals surface area contributed by atoms with Crippen LogP contribution in [0.4, 0.5) is 5.82 Å². The molecule has 132 valence electrons. The van der Waals surface area contributed by atoms with Crippen LogP contribution in [-0.2, 0) is 0 Å². The molecule has 0 atom stereocenters. The topological polar surface area (TPSA) is 73.8 Å². The molecule has 1 fully saturated rings. The highest BCUT2D eigenvalue weighted by molar-refractivity contribution is 5.99. The van der Waals surface area contributed by atoms with E-state index in [0.29, 0.717) is 6.04 Å². The number of anilines is 1. The maximum absolute atomic E-state index is 9.86. The zero-order valence-corrected chi connectivity index (χ0v) is 15.0. The zero-order chi connectivity index (χ0) is 17.8. The quantitative estimate of drug-likeness (QED) is 0.522. The van der Waals surface area contributed by atoms with Crippen molar-refractivity contribution in [1.82, 2.24) is 15.2 Å². The monoisotopic (exact) mass is 338 g/mol.